The number of carbonyl (C=O) groups is 4. The van der Waals surface area contributed by atoms with Crippen molar-refractivity contribution in [3.63, 3.8) is 0 Å². The zero-order valence-electron chi connectivity index (χ0n) is 40.8. The second-order valence-electron chi connectivity index (χ2n) is 17.4. The molecule has 19 heteroatoms. The predicted molar refractivity (Wildman–Crippen MR) is 274 cm³/mol. The normalized spacial score (nSPS) is 16.2. The molecular formula is C52H61N14O5+3. The molecule has 366 valence electrons. The van der Waals surface area contributed by atoms with Gasteiger partial charge in [-0.05, 0) is 114 Å². The number of aromatic hydroxyl groups is 1. The molecule has 71 heavy (non-hydrogen) atoms. The van der Waals surface area contributed by atoms with Crippen molar-refractivity contribution in [2.24, 2.45) is 20.5 Å². The molecule has 0 saturated carbocycles. The number of hydrogen-bond acceptors (Lipinski definition) is 12. The maximum absolute atomic E-state index is 13.4. The van der Waals surface area contributed by atoms with E-state index in [2.05, 4.69) is 47.9 Å². The Balaban J connectivity index is 0.822. The van der Waals surface area contributed by atoms with Crippen molar-refractivity contribution in [2.45, 2.75) is 33.0 Å². The highest BCUT2D eigenvalue weighted by molar-refractivity contribution is 5.97. The number of phenolic OH excluding ortho intramolecular Hbond substituents is 1. The van der Waals surface area contributed by atoms with Gasteiger partial charge in [0.1, 0.15) is 29.5 Å². The molecule has 2 heterocycles. The summed E-state index contributed by atoms with van der Waals surface area (Å²) in [7, 11) is 7.39. The number of hydrogen-bond donors (Lipinski definition) is 7. The van der Waals surface area contributed by atoms with E-state index in [9.17, 15) is 24.3 Å². The lowest BCUT2D eigenvalue weighted by Gasteiger charge is -2.22. The van der Waals surface area contributed by atoms with Crippen LogP contribution in [-0.4, -0.2) is 115 Å². The van der Waals surface area contributed by atoms with E-state index >= 15 is 0 Å². The van der Waals surface area contributed by atoms with E-state index in [0.29, 0.717) is 60.2 Å². The molecule has 4 amide bonds. The average molecular weight is 962 g/mol. The van der Waals surface area contributed by atoms with Crippen LogP contribution >= 0.6 is 0 Å². The van der Waals surface area contributed by atoms with Gasteiger partial charge in [0.15, 0.2) is 5.69 Å². The van der Waals surface area contributed by atoms with Crippen LogP contribution in [0, 0.1) is 0 Å². The molecule has 2 aliphatic rings. The second kappa shape index (κ2) is 23.6. The van der Waals surface area contributed by atoms with Gasteiger partial charge in [0.05, 0.1) is 32.0 Å². The van der Waals surface area contributed by atoms with Crippen LogP contribution in [0.4, 0.5) is 45.5 Å². The summed E-state index contributed by atoms with van der Waals surface area (Å²) in [5.74, 6) is 0.0843. The quantitative estimate of drug-likeness (QED) is 0.0372. The van der Waals surface area contributed by atoms with Gasteiger partial charge in [-0.3, -0.25) is 24.1 Å². The first-order valence-corrected chi connectivity index (χ1v) is 23.2. The molecule has 0 saturated heterocycles. The number of nitrogens with zero attached hydrogens (tertiary/aromatic N) is 8. The number of azo groups is 2. The Morgan fingerprint density at radius 1 is 0.648 bits per heavy atom. The number of guanidine groups is 1. The monoisotopic (exact) mass is 961 g/mol. The molecule has 0 bridgehead atoms. The molecule has 0 radical (unpaired) electrons. The molecule has 7 rings (SSSR count). The van der Waals surface area contributed by atoms with Crippen LogP contribution in [0.1, 0.15) is 47.4 Å². The molecule has 0 aliphatic carbocycles. The van der Waals surface area contributed by atoms with Gasteiger partial charge >= 0.3 is 5.96 Å². The summed E-state index contributed by atoms with van der Waals surface area (Å²) in [6.07, 6.45) is 9.10. The molecule has 0 fully saturated rings. The Bertz CT molecular complexity index is 2850. The first-order chi connectivity index (χ1) is 34.2. The van der Waals surface area contributed by atoms with Crippen molar-refractivity contribution in [3.05, 3.63) is 151 Å². The highest BCUT2D eigenvalue weighted by Gasteiger charge is 2.31. The minimum Gasteiger partial charge on any atom is -0.505 e. The van der Waals surface area contributed by atoms with Crippen molar-refractivity contribution in [3.8, 4) is 5.75 Å². The minimum atomic E-state index is -0.238. The summed E-state index contributed by atoms with van der Waals surface area (Å²) in [6, 6.07) is 34.2. The van der Waals surface area contributed by atoms with Crippen LogP contribution in [0.15, 0.2) is 161 Å². The van der Waals surface area contributed by atoms with Gasteiger partial charge in [0.25, 0.3) is 18.1 Å². The maximum atomic E-state index is 13.4. The number of phenols is 1. The van der Waals surface area contributed by atoms with Crippen LogP contribution in [0.25, 0.3) is 0 Å². The van der Waals surface area contributed by atoms with Crippen LogP contribution in [-0.2, 0) is 9.59 Å². The van der Waals surface area contributed by atoms with Crippen LogP contribution < -0.4 is 31.1 Å². The van der Waals surface area contributed by atoms with Gasteiger partial charge in [-0.2, -0.15) is 9.48 Å². The topological polar surface area (TPSA) is 208 Å². The van der Waals surface area contributed by atoms with Crippen molar-refractivity contribution in [1.29, 1.82) is 0 Å². The Hall–Kier alpha value is -8.55. The number of rotatable bonds is 19. The van der Waals surface area contributed by atoms with Crippen LogP contribution in [0.2, 0.25) is 0 Å². The summed E-state index contributed by atoms with van der Waals surface area (Å²) >= 11 is 0. The molecule has 2 aliphatic heterocycles. The van der Waals surface area contributed by atoms with E-state index < -0.39 is 0 Å². The fourth-order valence-corrected chi connectivity index (χ4v) is 7.87. The number of anilines is 6. The summed E-state index contributed by atoms with van der Waals surface area (Å²) in [4.78, 5) is 56.9. The van der Waals surface area contributed by atoms with Gasteiger partial charge in [-0.25, -0.2) is 0 Å². The molecule has 0 aromatic heterocycles. The lowest BCUT2D eigenvalue weighted by Crippen LogP contribution is -3.11. The summed E-state index contributed by atoms with van der Waals surface area (Å²) in [5, 5.41) is 40.8. The van der Waals surface area contributed by atoms with Gasteiger partial charge in [0, 0.05) is 112 Å². The van der Waals surface area contributed by atoms with Gasteiger partial charge in [0.2, 0.25) is 11.8 Å². The van der Waals surface area contributed by atoms with Gasteiger partial charge in [-0.15, -0.1) is 10.2 Å². The van der Waals surface area contributed by atoms with Crippen LogP contribution in [0.5, 0.6) is 5.75 Å². The smallest absolute Gasteiger partial charge is 0.505 e. The van der Waals surface area contributed by atoms with Crippen molar-refractivity contribution in [1.82, 2.24) is 14.7 Å². The fourth-order valence-electron chi connectivity index (χ4n) is 7.87. The SMILES string of the molecule is CC(=O)Nc1ccc(Nc2ccc(N=NC3N(C)C=C[NH+]3CCCN(C)C(=O)c3ccc(C(=O)N(C)CCC[NH+]4C=C[N+](C)=C4N=Nc4ccc(Nc5ccc(NC(C)=O)cc5)cc4O)cc3)cc2)cc1. The van der Waals surface area contributed by atoms with Crippen molar-refractivity contribution >= 4 is 75.1 Å². The fraction of sp³-hybridized carbons (Fsp3) is 0.250. The van der Waals surface area contributed by atoms with E-state index in [1.165, 1.54) is 13.8 Å². The predicted octanol–water partition coefficient (Wildman–Crippen LogP) is 6.24. The summed E-state index contributed by atoms with van der Waals surface area (Å²) in [5.41, 5.74) is 6.69. The molecule has 7 N–H and O–H groups in total. The first kappa shape index (κ1) is 50.3. The third kappa shape index (κ3) is 14.0. The molecule has 3 unspecified atom stereocenters. The van der Waals surface area contributed by atoms with E-state index in [1.54, 1.807) is 78.5 Å². The Morgan fingerprint density at radius 3 is 1.68 bits per heavy atom. The number of nitrogens with one attached hydrogen (secondary N) is 6. The third-order valence-electron chi connectivity index (χ3n) is 11.7. The molecular weight excluding hydrogens is 901 g/mol. The standard InChI is InChI=1S/C52H58N14O5/c1-36(67)53-40-13-17-42(18-14-40)55-43-21-23-45(24-22-43)57-59-51-63(5)31-33-65(51)29-7-27-61(3)49(70)38-9-11-39(12-10-38)50(71)62(4)28-8-30-66-34-32-64(6)52(66)60-58-47-26-25-46(35-48(47)69)56-44-19-15-41(16-20-44)54-37(2)68/h9-26,31-35,51H,7-8,27-30H2,1-6H3,(H4,53,54,55,56,57,58,59,67,68,69,70,71)/p+3. The Labute approximate surface area is 413 Å². The molecule has 0 spiro atoms. The Kier molecular flexibility index (Phi) is 16.8. The summed E-state index contributed by atoms with van der Waals surface area (Å²) in [6.45, 7) is 5.35. The number of benzene rings is 5. The van der Waals surface area contributed by atoms with E-state index in [1.807, 2.05) is 103 Å². The highest BCUT2D eigenvalue weighted by Crippen LogP contribution is 2.31. The van der Waals surface area contributed by atoms with Crippen molar-refractivity contribution in [2.75, 3.05) is 75.6 Å². The number of quaternary nitrogens is 2. The van der Waals surface area contributed by atoms with E-state index in [4.69, 9.17) is 0 Å². The van der Waals surface area contributed by atoms with Gasteiger partial charge in [-0.1, -0.05) is 0 Å². The molecule has 19 nitrogen and oxygen atoms in total. The summed E-state index contributed by atoms with van der Waals surface area (Å²) < 4.78 is 1.86. The molecule has 3 atom stereocenters. The third-order valence-corrected chi connectivity index (χ3v) is 11.7. The second-order valence-corrected chi connectivity index (χ2v) is 17.4. The average Bonchev–Trinajstić information content (AvgIpc) is 3.90. The maximum Gasteiger partial charge on any atom is 0.524 e. The lowest BCUT2D eigenvalue weighted by molar-refractivity contribution is -0.877. The van der Waals surface area contributed by atoms with E-state index in [-0.39, 0.29) is 35.7 Å². The molecule has 5 aromatic carbocycles. The van der Waals surface area contributed by atoms with E-state index in [0.717, 1.165) is 51.2 Å². The number of carbonyl (C=O) groups excluding carboxylic acids is 4. The minimum absolute atomic E-state index is 0.0380. The highest BCUT2D eigenvalue weighted by atomic mass is 16.3. The number of amides is 4. The van der Waals surface area contributed by atoms with Crippen molar-refractivity contribution < 1.29 is 38.7 Å². The van der Waals surface area contributed by atoms with Gasteiger partial charge < -0.3 is 41.1 Å². The molecule has 5 aromatic rings. The van der Waals surface area contributed by atoms with Crippen LogP contribution in [0.3, 0.4) is 0 Å². The lowest BCUT2D eigenvalue weighted by atomic mass is 10.1. The zero-order valence-corrected chi connectivity index (χ0v) is 40.8. The first-order valence-electron chi connectivity index (χ1n) is 23.2. The Morgan fingerprint density at radius 2 is 1.14 bits per heavy atom. The largest absolute Gasteiger partial charge is 0.524 e. The zero-order chi connectivity index (χ0) is 50.4.